The minimum Gasteiger partial charge on any atom is -0.387 e. The van der Waals surface area contributed by atoms with Gasteiger partial charge in [0, 0.05) is 29.9 Å². The molecule has 0 radical (unpaired) electrons. The van der Waals surface area contributed by atoms with Gasteiger partial charge in [0.1, 0.15) is 12.2 Å². The van der Waals surface area contributed by atoms with Gasteiger partial charge in [0.2, 0.25) is 0 Å². The number of fused-ring (bicyclic) bond motifs is 1. The summed E-state index contributed by atoms with van der Waals surface area (Å²) in [5, 5.41) is 29.1. The van der Waals surface area contributed by atoms with Gasteiger partial charge in [-0.2, -0.15) is 0 Å². The summed E-state index contributed by atoms with van der Waals surface area (Å²) in [6.45, 7) is 0.518. The number of ether oxygens (including phenoxy) is 1. The topological polar surface area (TPSA) is 147 Å². The van der Waals surface area contributed by atoms with Crippen molar-refractivity contribution in [3.05, 3.63) is 52.2 Å². The molecule has 34 heavy (non-hydrogen) atoms. The van der Waals surface area contributed by atoms with E-state index in [9.17, 15) is 15.0 Å². The van der Waals surface area contributed by atoms with Gasteiger partial charge in [-0.3, -0.25) is 14.3 Å². The number of aromatic nitrogens is 5. The highest BCUT2D eigenvalue weighted by Crippen LogP contribution is 2.34. The van der Waals surface area contributed by atoms with E-state index in [2.05, 4.69) is 30.6 Å². The molecule has 4 aromatic rings. The van der Waals surface area contributed by atoms with Gasteiger partial charge >= 0.3 is 0 Å². The fourth-order valence-corrected chi connectivity index (χ4v) is 4.54. The number of anilines is 1. The maximum absolute atomic E-state index is 12.1. The molecule has 1 saturated heterocycles. The van der Waals surface area contributed by atoms with E-state index in [1.54, 1.807) is 23.6 Å². The molecular weight excluding hydrogens is 482 g/mol. The summed E-state index contributed by atoms with van der Waals surface area (Å²) in [6.07, 6.45) is -0.603. The Kier molecular flexibility index (Phi) is 6.15. The molecule has 4 N–H and O–H groups in total. The van der Waals surface area contributed by atoms with Crippen molar-refractivity contribution in [3.8, 4) is 11.4 Å². The van der Waals surface area contributed by atoms with Crippen molar-refractivity contribution < 1.29 is 19.7 Å². The first kappa shape index (κ1) is 22.6. The number of imidazole rings is 1. The number of thiophene rings is 1. The zero-order valence-corrected chi connectivity index (χ0v) is 19.4. The number of carbonyl (C=O) groups excluding carboxylic acids is 1. The number of hydrogen-bond donors (Lipinski definition) is 4. The quantitative estimate of drug-likeness (QED) is 0.309. The highest BCUT2D eigenvalue weighted by atomic mass is 35.5. The van der Waals surface area contributed by atoms with Gasteiger partial charge in [-0.15, -0.1) is 11.3 Å². The van der Waals surface area contributed by atoms with Crippen LogP contribution < -0.4 is 10.6 Å². The van der Waals surface area contributed by atoms with Gasteiger partial charge in [-0.05, 0) is 17.5 Å². The van der Waals surface area contributed by atoms with Crippen molar-refractivity contribution in [2.24, 2.45) is 0 Å². The van der Waals surface area contributed by atoms with Crippen LogP contribution in [0.25, 0.3) is 22.6 Å². The minimum absolute atomic E-state index is 0.328. The Morgan fingerprint density at radius 3 is 2.88 bits per heavy atom. The van der Waals surface area contributed by atoms with Crippen LogP contribution in [-0.4, -0.2) is 66.0 Å². The molecule has 1 aliphatic heterocycles. The highest BCUT2D eigenvalue weighted by Gasteiger charge is 2.47. The lowest BCUT2D eigenvalue weighted by Crippen LogP contribution is -2.41. The van der Waals surface area contributed by atoms with E-state index < -0.39 is 30.4 Å². The van der Waals surface area contributed by atoms with Crippen LogP contribution in [-0.2, 0) is 16.1 Å². The number of pyridine rings is 1. The molecule has 13 heteroatoms. The Hall–Kier alpha value is -3.16. The van der Waals surface area contributed by atoms with E-state index >= 15 is 0 Å². The fraction of sp³-hybridized carbons (Fsp3) is 0.286. The monoisotopic (exact) mass is 501 g/mol. The Bertz CT molecular complexity index is 1330. The number of nitrogens with one attached hydrogen (secondary N) is 2. The molecule has 0 aliphatic carbocycles. The Balaban J connectivity index is 1.59. The predicted molar refractivity (Wildman–Crippen MR) is 125 cm³/mol. The Labute approximate surface area is 202 Å². The first-order chi connectivity index (χ1) is 16.5. The third-order valence-electron chi connectivity index (χ3n) is 5.41. The molecule has 176 valence electrons. The summed E-state index contributed by atoms with van der Waals surface area (Å²) >= 11 is 7.72. The third-order valence-corrected chi connectivity index (χ3v) is 6.50. The number of carbonyl (C=O) groups is 1. The lowest BCUT2D eigenvalue weighted by atomic mass is 10.1. The first-order valence-electron chi connectivity index (χ1n) is 10.3. The molecule has 5 heterocycles. The molecule has 0 spiro atoms. The largest absolute Gasteiger partial charge is 0.387 e. The molecular formula is C21H20ClN7O4S. The second-order valence-corrected chi connectivity index (χ2v) is 9.06. The zero-order valence-electron chi connectivity index (χ0n) is 17.8. The first-order valence-corrected chi connectivity index (χ1v) is 11.6. The number of aliphatic hydroxyl groups excluding tert-OH is 2. The van der Waals surface area contributed by atoms with E-state index in [0.29, 0.717) is 39.9 Å². The van der Waals surface area contributed by atoms with Crippen LogP contribution >= 0.6 is 22.9 Å². The van der Waals surface area contributed by atoms with Crippen molar-refractivity contribution >= 4 is 45.8 Å². The second kappa shape index (κ2) is 9.24. The molecule has 5 rings (SSSR count). The Morgan fingerprint density at radius 1 is 1.29 bits per heavy atom. The van der Waals surface area contributed by atoms with E-state index in [0.717, 1.165) is 4.88 Å². The molecule has 4 atom stereocenters. The van der Waals surface area contributed by atoms with Gasteiger partial charge in [0.15, 0.2) is 35.1 Å². The molecule has 0 aromatic carbocycles. The highest BCUT2D eigenvalue weighted by molar-refractivity contribution is 7.09. The van der Waals surface area contributed by atoms with Crippen LogP contribution in [0.2, 0.25) is 5.02 Å². The standard InChI is InChI=1S/C21H20ClN7O4S/c1-23-20(32)16-14(30)15(31)21(33-16)29-9-26-13-18(25-8-12-3-2-4-34-12)27-17(28-19(13)29)10-5-11(22)7-24-6-10/h2-7,9,14-16,21,30-31H,8H2,1H3,(H,23,32)(H,25,27,28)/t14-,15+,16-,21+/m0/s1. The molecule has 4 aromatic heterocycles. The summed E-state index contributed by atoms with van der Waals surface area (Å²) in [5.41, 5.74) is 1.36. The number of nitrogens with zero attached hydrogens (tertiary/aromatic N) is 5. The second-order valence-electron chi connectivity index (χ2n) is 7.59. The van der Waals surface area contributed by atoms with Crippen molar-refractivity contribution in [1.29, 1.82) is 0 Å². The molecule has 0 bridgehead atoms. The number of likely N-dealkylation sites (N-methyl/N-ethyl adjacent to an activating group) is 1. The van der Waals surface area contributed by atoms with E-state index in [1.165, 1.54) is 24.1 Å². The number of rotatable bonds is 6. The average Bonchev–Trinajstić information content (AvgIpc) is 3.57. The van der Waals surface area contributed by atoms with Crippen LogP contribution in [0, 0.1) is 0 Å². The van der Waals surface area contributed by atoms with E-state index in [4.69, 9.17) is 16.3 Å². The third kappa shape index (κ3) is 4.10. The number of aliphatic hydroxyl groups is 2. The SMILES string of the molecule is CNC(=O)[C@H]1O[C@@H](n2cnc3c(NCc4cccs4)nc(-c4cncc(Cl)c4)nc32)[C@H](O)[C@@H]1O. The van der Waals surface area contributed by atoms with Gasteiger partial charge in [-0.1, -0.05) is 17.7 Å². The van der Waals surface area contributed by atoms with E-state index in [-0.39, 0.29) is 0 Å². The summed E-state index contributed by atoms with van der Waals surface area (Å²) in [7, 11) is 1.43. The summed E-state index contributed by atoms with van der Waals surface area (Å²) in [4.78, 5) is 31.0. The van der Waals surface area contributed by atoms with Crippen LogP contribution in [0.5, 0.6) is 0 Å². The maximum Gasteiger partial charge on any atom is 0.251 e. The predicted octanol–water partition coefficient (Wildman–Crippen LogP) is 1.58. The smallest absolute Gasteiger partial charge is 0.251 e. The van der Waals surface area contributed by atoms with Gasteiger partial charge < -0.3 is 25.6 Å². The van der Waals surface area contributed by atoms with Crippen LogP contribution in [0.1, 0.15) is 11.1 Å². The summed E-state index contributed by atoms with van der Waals surface area (Å²) < 4.78 is 7.19. The van der Waals surface area contributed by atoms with Crippen molar-refractivity contribution in [2.75, 3.05) is 12.4 Å². The summed E-state index contributed by atoms with van der Waals surface area (Å²) in [5.74, 6) is 0.244. The van der Waals surface area contributed by atoms with Gasteiger partial charge in [0.25, 0.3) is 5.91 Å². The van der Waals surface area contributed by atoms with E-state index in [1.807, 2.05) is 17.5 Å². The van der Waals surface area contributed by atoms with Crippen molar-refractivity contribution in [1.82, 2.24) is 29.8 Å². The number of amides is 1. The lowest BCUT2D eigenvalue weighted by Gasteiger charge is -2.17. The van der Waals surface area contributed by atoms with Crippen LogP contribution in [0.4, 0.5) is 5.82 Å². The fourth-order valence-electron chi connectivity index (χ4n) is 3.72. The Morgan fingerprint density at radius 2 is 2.15 bits per heavy atom. The molecule has 1 aliphatic rings. The van der Waals surface area contributed by atoms with Gasteiger partial charge in [0.05, 0.1) is 17.9 Å². The molecule has 0 unspecified atom stereocenters. The molecule has 0 saturated carbocycles. The number of hydrogen-bond acceptors (Lipinski definition) is 10. The lowest BCUT2D eigenvalue weighted by molar-refractivity contribution is -0.137. The van der Waals surface area contributed by atoms with Crippen LogP contribution in [0.15, 0.2) is 42.3 Å². The molecule has 1 amide bonds. The summed E-state index contributed by atoms with van der Waals surface area (Å²) in [6, 6.07) is 5.65. The normalized spacial score (nSPS) is 22.2. The average molecular weight is 502 g/mol. The van der Waals surface area contributed by atoms with Crippen molar-refractivity contribution in [3.63, 3.8) is 0 Å². The molecule has 11 nitrogen and oxygen atoms in total. The maximum atomic E-state index is 12.1. The zero-order chi connectivity index (χ0) is 23.8. The van der Waals surface area contributed by atoms with Gasteiger partial charge in [-0.25, -0.2) is 15.0 Å². The van der Waals surface area contributed by atoms with Crippen LogP contribution in [0.3, 0.4) is 0 Å². The minimum atomic E-state index is -1.42. The molecule has 1 fully saturated rings. The number of halogens is 1. The van der Waals surface area contributed by atoms with Crippen molar-refractivity contribution in [2.45, 2.75) is 31.1 Å².